The van der Waals surface area contributed by atoms with Crippen LogP contribution >= 0.6 is 0 Å². The number of nitrogens with zero attached hydrogens (tertiary/aromatic N) is 3. The third kappa shape index (κ3) is 5.13. The van der Waals surface area contributed by atoms with E-state index in [1.807, 2.05) is 30.0 Å². The molecule has 1 N–H and O–H groups in total. The van der Waals surface area contributed by atoms with E-state index in [4.69, 9.17) is 0 Å². The number of amides is 2. The second-order valence-electron chi connectivity index (χ2n) is 11.2. The van der Waals surface area contributed by atoms with Crippen molar-refractivity contribution in [3.8, 4) is 0 Å². The largest absolute Gasteiger partial charge is 0.351 e. The summed E-state index contributed by atoms with van der Waals surface area (Å²) in [5, 5.41) is 4.47. The fourth-order valence-corrected chi connectivity index (χ4v) is 6.40. The first kappa shape index (κ1) is 24.4. The van der Waals surface area contributed by atoms with Gasteiger partial charge in [-0.3, -0.25) is 9.59 Å². The van der Waals surface area contributed by atoms with Gasteiger partial charge in [-0.1, -0.05) is 63.1 Å². The van der Waals surface area contributed by atoms with Crippen LogP contribution in [0, 0.1) is 0 Å². The summed E-state index contributed by atoms with van der Waals surface area (Å²) in [6.45, 7) is 6.09. The van der Waals surface area contributed by atoms with Gasteiger partial charge >= 0.3 is 0 Å². The number of hydrogen-bond donors (Lipinski definition) is 1. The summed E-state index contributed by atoms with van der Waals surface area (Å²) in [4.78, 5) is 32.3. The molecule has 5 rings (SSSR count). The van der Waals surface area contributed by atoms with E-state index >= 15 is 0 Å². The fraction of sp³-hybridized carbons (Fsp3) is 0.655. The first-order valence-electron chi connectivity index (χ1n) is 14.0. The second-order valence-corrected chi connectivity index (χ2v) is 11.2. The Morgan fingerprint density at radius 1 is 0.943 bits per heavy atom. The lowest BCUT2D eigenvalue weighted by Gasteiger charge is -2.45. The Hall–Kier alpha value is -2.34. The third-order valence-corrected chi connectivity index (χ3v) is 8.60. The van der Waals surface area contributed by atoms with Crippen LogP contribution in [0.2, 0.25) is 0 Å². The second kappa shape index (κ2) is 10.7. The molecule has 3 heterocycles. The van der Waals surface area contributed by atoms with Gasteiger partial charge in [0.2, 0.25) is 5.91 Å². The summed E-state index contributed by atoms with van der Waals surface area (Å²) in [6, 6.07) is 10.4. The molecule has 2 amide bonds. The molecule has 1 aromatic heterocycles. The van der Waals surface area contributed by atoms with E-state index in [0.717, 1.165) is 43.4 Å². The van der Waals surface area contributed by atoms with Crippen LogP contribution in [0.25, 0.3) is 10.9 Å². The number of nitrogens with one attached hydrogen (secondary N) is 1. The van der Waals surface area contributed by atoms with Crippen molar-refractivity contribution in [3.63, 3.8) is 0 Å². The molecule has 1 aromatic carbocycles. The molecular formula is C29H42N4O2. The monoisotopic (exact) mass is 478 g/mol. The van der Waals surface area contributed by atoms with Crippen molar-refractivity contribution < 1.29 is 9.59 Å². The average molecular weight is 479 g/mol. The van der Waals surface area contributed by atoms with Crippen LogP contribution in [0.4, 0.5) is 0 Å². The molecule has 0 radical (unpaired) electrons. The Morgan fingerprint density at radius 3 is 2.34 bits per heavy atom. The lowest BCUT2D eigenvalue weighted by molar-refractivity contribution is -0.133. The average Bonchev–Trinajstić information content (AvgIpc) is 3.00. The summed E-state index contributed by atoms with van der Waals surface area (Å²) in [5.41, 5.74) is 0.839. The predicted molar refractivity (Wildman–Crippen MR) is 141 cm³/mol. The highest BCUT2D eigenvalue weighted by molar-refractivity contribution is 6.03. The summed E-state index contributed by atoms with van der Waals surface area (Å²) in [7, 11) is 0. The molecule has 1 atom stereocenters. The van der Waals surface area contributed by atoms with Crippen LogP contribution in [0.15, 0.2) is 30.3 Å². The molecule has 1 saturated heterocycles. The molecule has 6 heteroatoms. The van der Waals surface area contributed by atoms with Gasteiger partial charge in [-0.2, -0.15) is 0 Å². The molecule has 2 aliphatic heterocycles. The molecule has 0 spiro atoms. The van der Waals surface area contributed by atoms with E-state index in [2.05, 4.69) is 26.9 Å². The van der Waals surface area contributed by atoms with Crippen LogP contribution in [0.1, 0.15) is 88.0 Å². The molecule has 0 bridgehead atoms. The zero-order valence-corrected chi connectivity index (χ0v) is 21.4. The molecule has 1 saturated carbocycles. The van der Waals surface area contributed by atoms with Crippen molar-refractivity contribution >= 4 is 22.7 Å². The van der Waals surface area contributed by atoms with Crippen molar-refractivity contribution in [1.29, 1.82) is 0 Å². The van der Waals surface area contributed by atoms with Crippen molar-refractivity contribution in [2.24, 2.45) is 0 Å². The molecule has 3 aliphatic rings. The summed E-state index contributed by atoms with van der Waals surface area (Å²) >= 11 is 0. The van der Waals surface area contributed by atoms with Crippen molar-refractivity contribution in [2.45, 2.75) is 95.7 Å². The number of carbonyl (C=O) groups is 2. The van der Waals surface area contributed by atoms with Crippen LogP contribution in [-0.2, 0) is 11.3 Å². The number of likely N-dealkylation sites (tertiary alicyclic amines) is 1. The normalized spacial score (nSPS) is 25.1. The van der Waals surface area contributed by atoms with Crippen LogP contribution in [0.3, 0.4) is 0 Å². The highest BCUT2D eigenvalue weighted by atomic mass is 16.2. The van der Waals surface area contributed by atoms with Crippen LogP contribution in [-0.4, -0.2) is 63.9 Å². The van der Waals surface area contributed by atoms with Crippen molar-refractivity contribution in [1.82, 2.24) is 19.7 Å². The minimum Gasteiger partial charge on any atom is -0.351 e. The minimum atomic E-state index is -0.903. The maximum Gasteiger partial charge on any atom is 0.271 e. The van der Waals surface area contributed by atoms with Crippen molar-refractivity contribution in [2.75, 3.05) is 26.2 Å². The molecule has 6 nitrogen and oxygen atoms in total. The number of benzene rings is 1. The Balaban J connectivity index is 1.42. The fourth-order valence-electron chi connectivity index (χ4n) is 6.40. The Kier molecular flexibility index (Phi) is 7.47. The van der Waals surface area contributed by atoms with Gasteiger partial charge < -0.3 is 19.7 Å². The van der Waals surface area contributed by atoms with Gasteiger partial charge in [0, 0.05) is 30.0 Å². The number of para-hydroxylation sites is 1. The number of rotatable bonds is 5. The highest BCUT2D eigenvalue weighted by Gasteiger charge is 2.48. The molecule has 2 aromatic rings. The maximum absolute atomic E-state index is 14.0. The van der Waals surface area contributed by atoms with Crippen LogP contribution < -0.4 is 5.32 Å². The molecule has 35 heavy (non-hydrogen) atoms. The lowest BCUT2D eigenvalue weighted by Crippen LogP contribution is -2.65. The van der Waals surface area contributed by atoms with Gasteiger partial charge in [0.25, 0.3) is 5.91 Å². The number of carbonyl (C=O) groups excluding carboxylic acids is 2. The lowest BCUT2D eigenvalue weighted by atomic mass is 9.92. The zero-order valence-electron chi connectivity index (χ0n) is 21.4. The van der Waals surface area contributed by atoms with Gasteiger partial charge in [0.15, 0.2) is 0 Å². The predicted octanol–water partition coefficient (Wildman–Crippen LogP) is 4.96. The molecular weight excluding hydrogens is 436 g/mol. The van der Waals surface area contributed by atoms with E-state index < -0.39 is 5.54 Å². The van der Waals surface area contributed by atoms with Crippen molar-refractivity contribution in [3.05, 3.63) is 36.0 Å². The van der Waals surface area contributed by atoms with E-state index in [0.29, 0.717) is 18.8 Å². The quantitative estimate of drug-likeness (QED) is 0.661. The van der Waals surface area contributed by atoms with Gasteiger partial charge in [0.05, 0.1) is 6.54 Å². The first-order valence-corrected chi connectivity index (χ1v) is 14.0. The van der Waals surface area contributed by atoms with Gasteiger partial charge in [-0.05, 0) is 57.8 Å². The Labute approximate surface area is 210 Å². The van der Waals surface area contributed by atoms with Crippen LogP contribution in [0.5, 0.6) is 0 Å². The molecule has 1 aliphatic carbocycles. The Bertz CT molecular complexity index is 1030. The van der Waals surface area contributed by atoms with E-state index in [1.54, 1.807) is 0 Å². The molecule has 190 valence electrons. The van der Waals surface area contributed by atoms with E-state index in [-0.39, 0.29) is 17.9 Å². The highest BCUT2D eigenvalue weighted by Crippen LogP contribution is 2.33. The number of aromatic nitrogens is 1. The third-order valence-electron chi connectivity index (χ3n) is 8.60. The van der Waals surface area contributed by atoms with Gasteiger partial charge in [-0.15, -0.1) is 0 Å². The Morgan fingerprint density at radius 2 is 1.60 bits per heavy atom. The topological polar surface area (TPSA) is 57.6 Å². The number of hydrogen-bond acceptors (Lipinski definition) is 3. The summed E-state index contributed by atoms with van der Waals surface area (Å²) < 4.78 is 2.08. The van der Waals surface area contributed by atoms with E-state index in [9.17, 15) is 9.59 Å². The zero-order chi connectivity index (χ0) is 24.3. The standard InChI is InChI=1S/C29H42N4O2/c1-29(28(35)30-24-14-7-3-2-4-8-15-24)22-32-25-16-10-9-13-23(25)21-26(32)27(34)33(29)20-19-31-17-11-5-6-12-18-31/h9-10,13,16,21,24H,2-8,11-12,14-15,17-20,22H2,1H3,(H,30,35)/t29-/m0/s1. The first-order chi connectivity index (χ1) is 17.1. The molecule has 2 fully saturated rings. The SMILES string of the molecule is C[C@@]1(C(=O)NC2CCCCCCC2)Cn2c(cc3ccccc32)C(=O)N1CCN1CCCCCC1. The smallest absolute Gasteiger partial charge is 0.271 e. The van der Waals surface area contributed by atoms with Gasteiger partial charge in [0.1, 0.15) is 11.2 Å². The molecule has 0 unspecified atom stereocenters. The van der Waals surface area contributed by atoms with E-state index in [1.165, 1.54) is 57.8 Å². The summed E-state index contributed by atoms with van der Waals surface area (Å²) in [5.74, 6) is -0.00620. The summed E-state index contributed by atoms with van der Waals surface area (Å²) in [6.07, 6.45) is 13.3. The van der Waals surface area contributed by atoms with Gasteiger partial charge in [-0.25, -0.2) is 0 Å². The minimum absolute atomic E-state index is 0.00993. The maximum atomic E-state index is 14.0. The number of fused-ring (bicyclic) bond motifs is 3.